The van der Waals surface area contributed by atoms with E-state index in [0.717, 1.165) is 50.4 Å². The summed E-state index contributed by atoms with van der Waals surface area (Å²) in [6.07, 6.45) is 7.04. The number of carbonyl (C=O) groups is 1. The van der Waals surface area contributed by atoms with E-state index in [0.29, 0.717) is 6.04 Å². The van der Waals surface area contributed by atoms with Crippen LogP contribution in [-0.4, -0.2) is 42.2 Å². The predicted molar refractivity (Wildman–Crippen MR) is 102 cm³/mol. The first-order valence-electron chi connectivity index (χ1n) is 9.98. The van der Waals surface area contributed by atoms with Gasteiger partial charge in [0.1, 0.15) is 11.4 Å². The minimum Gasteiger partial charge on any atom is -0.497 e. The van der Waals surface area contributed by atoms with Crippen molar-refractivity contribution in [3.8, 4) is 5.75 Å². The molecule has 1 saturated heterocycles. The Morgan fingerprint density at radius 1 is 1.22 bits per heavy atom. The molecule has 2 aliphatic heterocycles. The molecule has 142 valence electrons. The quantitative estimate of drug-likeness (QED) is 0.835. The highest BCUT2D eigenvalue weighted by atomic mass is 16.5. The fourth-order valence-corrected chi connectivity index (χ4v) is 4.68. The molecule has 0 atom stereocenters. The van der Waals surface area contributed by atoms with Crippen LogP contribution >= 0.6 is 0 Å². The van der Waals surface area contributed by atoms with Gasteiger partial charge in [-0.2, -0.15) is 0 Å². The van der Waals surface area contributed by atoms with Crippen LogP contribution in [0.2, 0.25) is 0 Å². The van der Waals surface area contributed by atoms with Crippen LogP contribution in [0.5, 0.6) is 5.75 Å². The second-order valence-corrected chi connectivity index (χ2v) is 7.94. The number of amides is 1. The van der Waals surface area contributed by atoms with Crippen LogP contribution in [0.25, 0.3) is 0 Å². The highest BCUT2D eigenvalue weighted by Gasteiger charge is 2.42. The zero-order valence-electron chi connectivity index (χ0n) is 15.8. The van der Waals surface area contributed by atoms with Crippen molar-refractivity contribution in [1.82, 2.24) is 9.47 Å². The smallest absolute Gasteiger partial charge is 0.270 e. The molecule has 5 rings (SSSR count). The predicted octanol–water partition coefficient (Wildman–Crippen LogP) is 3.54. The van der Waals surface area contributed by atoms with Gasteiger partial charge in [-0.1, -0.05) is 6.07 Å². The molecule has 2 fully saturated rings. The largest absolute Gasteiger partial charge is 0.497 e. The molecule has 3 aliphatic rings. The summed E-state index contributed by atoms with van der Waals surface area (Å²) in [6.45, 7) is 2.21. The van der Waals surface area contributed by atoms with E-state index < -0.39 is 0 Å². The van der Waals surface area contributed by atoms with Crippen LogP contribution < -0.4 is 4.74 Å². The number of nitrogens with zero attached hydrogens (tertiary/aromatic N) is 2. The van der Waals surface area contributed by atoms with E-state index >= 15 is 0 Å². The molecule has 3 heterocycles. The van der Waals surface area contributed by atoms with Crippen molar-refractivity contribution in [3.05, 3.63) is 53.3 Å². The molecule has 1 spiro atoms. The van der Waals surface area contributed by atoms with Crippen LogP contribution in [0.4, 0.5) is 0 Å². The first-order valence-corrected chi connectivity index (χ1v) is 9.98. The van der Waals surface area contributed by atoms with Gasteiger partial charge in [-0.3, -0.25) is 4.79 Å². The second-order valence-electron chi connectivity index (χ2n) is 7.94. The summed E-state index contributed by atoms with van der Waals surface area (Å²) in [6, 6.07) is 10.8. The van der Waals surface area contributed by atoms with Crippen LogP contribution in [0.3, 0.4) is 0 Å². The molecule has 0 unspecified atom stereocenters. The Labute approximate surface area is 159 Å². The number of rotatable bonds is 3. The van der Waals surface area contributed by atoms with Gasteiger partial charge in [0.25, 0.3) is 5.91 Å². The van der Waals surface area contributed by atoms with E-state index in [1.165, 1.54) is 24.0 Å². The molecule has 1 aliphatic carbocycles. The average Bonchev–Trinajstić information content (AvgIpc) is 3.44. The molecule has 0 radical (unpaired) electrons. The van der Waals surface area contributed by atoms with Gasteiger partial charge in [-0.25, -0.2) is 0 Å². The van der Waals surface area contributed by atoms with Crippen molar-refractivity contribution in [3.63, 3.8) is 0 Å². The highest BCUT2D eigenvalue weighted by molar-refractivity contribution is 5.93. The fraction of sp³-hybridized carbons (Fsp3) is 0.500. The zero-order valence-corrected chi connectivity index (χ0v) is 15.8. The van der Waals surface area contributed by atoms with Crippen LogP contribution in [0.15, 0.2) is 36.5 Å². The molecule has 27 heavy (non-hydrogen) atoms. The number of likely N-dealkylation sites (tertiary alicyclic amines) is 1. The molecule has 1 saturated carbocycles. The molecule has 2 aromatic rings. The van der Waals surface area contributed by atoms with E-state index in [1.807, 2.05) is 29.3 Å². The minimum atomic E-state index is -0.255. The molecular formula is C22H26N2O3. The monoisotopic (exact) mass is 366 g/mol. The summed E-state index contributed by atoms with van der Waals surface area (Å²) < 4.78 is 13.9. The fourth-order valence-electron chi connectivity index (χ4n) is 4.68. The lowest BCUT2D eigenvalue weighted by Crippen LogP contribution is -2.48. The Balaban J connectivity index is 1.35. The lowest BCUT2D eigenvalue weighted by atomic mass is 9.79. The van der Waals surface area contributed by atoms with Gasteiger partial charge in [-0.05, 0) is 67.5 Å². The van der Waals surface area contributed by atoms with E-state index in [4.69, 9.17) is 9.47 Å². The third-order valence-corrected chi connectivity index (χ3v) is 6.35. The number of fused-ring (bicyclic) bond motifs is 2. The maximum Gasteiger partial charge on any atom is 0.270 e. The number of aromatic nitrogens is 1. The number of benzene rings is 1. The number of hydrogen-bond donors (Lipinski definition) is 0. The third-order valence-electron chi connectivity index (χ3n) is 6.35. The number of methoxy groups -OCH3 is 1. The Morgan fingerprint density at radius 2 is 2.04 bits per heavy atom. The molecule has 1 amide bonds. The second kappa shape index (κ2) is 6.41. The van der Waals surface area contributed by atoms with Crippen LogP contribution in [0, 0.1) is 0 Å². The summed E-state index contributed by atoms with van der Waals surface area (Å²) in [5.74, 6) is 1.06. The summed E-state index contributed by atoms with van der Waals surface area (Å²) in [5.41, 5.74) is 3.18. The van der Waals surface area contributed by atoms with Gasteiger partial charge < -0.3 is 18.9 Å². The molecule has 1 aromatic heterocycles. The maximum atomic E-state index is 13.1. The molecule has 5 nitrogen and oxygen atoms in total. The van der Waals surface area contributed by atoms with E-state index in [1.54, 1.807) is 7.11 Å². The van der Waals surface area contributed by atoms with E-state index in [2.05, 4.69) is 16.7 Å². The average molecular weight is 366 g/mol. The van der Waals surface area contributed by atoms with E-state index in [9.17, 15) is 4.79 Å². The maximum absolute atomic E-state index is 13.1. The molecule has 0 N–H and O–H groups in total. The third kappa shape index (κ3) is 2.85. The molecule has 1 aromatic carbocycles. The van der Waals surface area contributed by atoms with Gasteiger partial charge >= 0.3 is 0 Å². The van der Waals surface area contributed by atoms with Gasteiger partial charge in [0.05, 0.1) is 19.3 Å². The van der Waals surface area contributed by atoms with Crippen LogP contribution in [0.1, 0.15) is 53.3 Å². The van der Waals surface area contributed by atoms with Gasteiger partial charge in [0.2, 0.25) is 0 Å². The van der Waals surface area contributed by atoms with Crippen molar-refractivity contribution in [2.75, 3.05) is 26.8 Å². The van der Waals surface area contributed by atoms with Gasteiger partial charge in [-0.15, -0.1) is 0 Å². The minimum absolute atomic E-state index is 0.160. The van der Waals surface area contributed by atoms with Crippen molar-refractivity contribution < 1.29 is 14.3 Å². The number of hydrogen-bond acceptors (Lipinski definition) is 3. The van der Waals surface area contributed by atoms with Gasteiger partial charge in [0.15, 0.2) is 0 Å². The number of piperidine rings is 1. The van der Waals surface area contributed by atoms with Crippen molar-refractivity contribution >= 4 is 5.91 Å². The first kappa shape index (κ1) is 16.9. The normalized spacial score (nSPS) is 21.1. The van der Waals surface area contributed by atoms with Crippen molar-refractivity contribution in [1.29, 1.82) is 0 Å². The van der Waals surface area contributed by atoms with Gasteiger partial charge in [0, 0.05) is 25.3 Å². The lowest BCUT2D eigenvalue weighted by molar-refractivity contribution is -0.0936. The number of ether oxygens (including phenoxy) is 2. The Morgan fingerprint density at radius 3 is 2.78 bits per heavy atom. The highest BCUT2D eigenvalue weighted by Crippen LogP contribution is 2.43. The first-order chi connectivity index (χ1) is 13.2. The zero-order chi connectivity index (χ0) is 18.4. The Kier molecular flexibility index (Phi) is 4.01. The Hall–Kier alpha value is -2.27. The molecule has 0 bridgehead atoms. The summed E-state index contributed by atoms with van der Waals surface area (Å²) >= 11 is 0. The Bertz CT molecular complexity index is 860. The standard InChI is InChI=1S/C22H26N2O3/c1-26-18-6-7-19-16(15-18)8-14-27-22(19)9-12-23(13-10-22)21(25)20-3-2-11-24(20)17-4-5-17/h2-3,6-7,11,15,17H,4-5,8-10,12-14H2,1H3. The molecular weight excluding hydrogens is 340 g/mol. The topological polar surface area (TPSA) is 43.7 Å². The van der Waals surface area contributed by atoms with Crippen LogP contribution in [-0.2, 0) is 16.8 Å². The lowest BCUT2D eigenvalue weighted by Gasteiger charge is -2.45. The van der Waals surface area contributed by atoms with Crippen molar-refractivity contribution in [2.24, 2.45) is 0 Å². The number of carbonyl (C=O) groups excluding carboxylic acids is 1. The van der Waals surface area contributed by atoms with Crippen molar-refractivity contribution in [2.45, 2.75) is 43.7 Å². The SMILES string of the molecule is COc1ccc2c(c1)CCOC21CCN(C(=O)c2cccn2C2CC2)CC1. The summed E-state index contributed by atoms with van der Waals surface area (Å²) in [5, 5.41) is 0. The summed E-state index contributed by atoms with van der Waals surface area (Å²) in [7, 11) is 1.71. The van der Waals surface area contributed by atoms with E-state index in [-0.39, 0.29) is 11.5 Å². The summed E-state index contributed by atoms with van der Waals surface area (Å²) in [4.78, 5) is 15.1. The molecule has 5 heteroatoms.